The number of carbonyl (C=O) groups is 2. The van der Waals surface area contributed by atoms with Crippen LogP contribution in [-0.4, -0.2) is 118 Å². The molecule has 8 rings (SSSR count). The van der Waals surface area contributed by atoms with Crippen LogP contribution in [0.3, 0.4) is 0 Å². The number of anilines is 1. The molecule has 4 aromatic heterocycles. The van der Waals surface area contributed by atoms with Crippen molar-refractivity contribution in [2.45, 2.75) is 71.3 Å². The number of aliphatic carboxylic acids is 2. The number of benzene rings is 2. The average molecular weight is 900 g/mol. The quantitative estimate of drug-likeness (QED) is 0.0583. The Kier molecular flexibility index (Phi) is 14.8. The zero-order valence-corrected chi connectivity index (χ0v) is 37.5. The maximum absolute atomic E-state index is 13.0. The molecule has 0 radical (unpaired) electrons. The first-order valence-electron chi connectivity index (χ1n) is 22.6. The number of carboxylic acid groups (broad SMARTS) is 2. The molecule has 19 nitrogen and oxygen atoms in total. The van der Waals surface area contributed by atoms with Crippen molar-refractivity contribution in [1.29, 1.82) is 0 Å². The third kappa shape index (κ3) is 11.5. The summed E-state index contributed by atoms with van der Waals surface area (Å²) in [5.74, 6) is -1.04. The first-order chi connectivity index (χ1) is 32.1. The molecule has 0 amide bonds. The molecule has 19 heteroatoms. The number of rotatable bonds is 21. The Balaban J connectivity index is 0.885. The number of nitrogens with one attached hydrogen (secondary N) is 3. The number of aromatic amines is 2. The second-order valence-corrected chi connectivity index (χ2v) is 17.8. The third-order valence-corrected chi connectivity index (χ3v) is 12.5. The number of para-hydroxylation sites is 2. The van der Waals surface area contributed by atoms with Gasteiger partial charge < -0.3 is 29.9 Å². The lowest BCUT2D eigenvalue weighted by atomic mass is 9.81. The second kappa shape index (κ2) is 21.4. The molecule has 2 aliphatic heterocycles. The highest BCUT2D eigenvalue weighted by Gasteiger charge is 2.36. The maximum atomic E-state index is 13.0. The first kappa shape index (κ1) is 45.7. The van der Waals surface area contributed by atoms with Gasteiger partial charge in [0.25, 0.3) is 0 Å². The van der Waals surface area contributed by atoms with Crippen LogP contribution in [0.5, 0.6) is 23.3 Å². The molecule has 6 aromatic rings. The van der Waals surface area contributed by atoms with E-state index in [2.05, 4.69) is 85.4 Å². The largest absolute Gasteiger partial charge is 0.481 e. The van der Waals surface area contributed by atoms with E-state index in [1.54, 1.807) is 18.5 Å². The van der Waals surface area contributed by atoms with Gasteiger partial charge in [0, 0.05) is 87.7 Å². The lowest BCUT2D eigenvalue weighted by molar-refractivity contribution is -0.144. The molecule has 66 heavy (non-hydrogen) atoms. The summed E-state index contributed by atoms with van der Waals surface area (Å²) in [7, 11) is 0. The highest BCUT2D eigenvalue weighted by molar-refractivity contribution is 5.72. The first-order valence-corrected chi connectivity index (χ1v) is 22.6. The standard InChI is InChI=1S/C47H57N13O6/c1-29(2)21-37(46(61)62)35(44-51-55-56-52-44)23-31-11-13-42(49-25-31)65-40-10-6-7-33-28-59(18-15-34(33)40)27-30(3)22-38(47(63)64)36(45-53-57-58-54-45)24-32-12-14-43(50-26-32)66-41-9-5-4-8-39(41)60-19-16-48-17-20-60/h4-14,25-26,29-30,35-38,48H,15-24,27-28H2,1-3H3,(H,61,62)(H,63,64)(H,51,52,55,56)(H,53,54,57,58). The van der Waals surface area contributed by atoms with Gasteiger partial charge in [0.2, 0.25) is 11.8 Å². The van der Waals surface area contributed by atoms with E-state index < -0.39 is 35.6 Å². The Morgan fingerprint density at radius 2 is 1.30 bits per heavy atom. The van der Waals surface area contributed by atoms with Crippen LogP contribution in [0.4, 0.5) is 5.69 Å². The van der Waals surface area contributed by atoms with E-state index in [0.29, 0.717) is 62.2 Å². The Morgan fingerprint density at radius 1 is 0.712 bits per heavy atom. The van der Waals surface area contributed by atoms with Crippen molar-refractivity contribution in [2.24, 2.45) is 23.7 Å². The predicted octanol–water partition coefficient (Wildman–Crippen LogP) is 5.68. The van der Waals surface area contributed by atoms with E-state index in [9.17, 15) is 19.8 Å². The van der Waals surface area contributed by atoms with E-state index >= 15 is 0 Å². The monoisotopic (exact) mass is 899 g/mol. The number of piperazine rings is 1. The molecule has 0 aliphatic carbocycles. The van der Waals surface area contributed by atoms with Gasteiger partial charge in [0.15, 0.2) is 17.4 Å². The summed E-state index contributed by atoms with van der Waals surface area (Å²) >= 11 is 0. The number of pyridine rings is 2. The summed E-state index contributed by atoms with van der Waals surface area (Å²) in [6.45, 7) is 11.8. The van der Waals surface area contributed by atoms with Gasteiger partial charge >= 0.3 is 11.9 Å². The molecule has 0 spiro atoms. The molecule has 2 aliphatic rings. The Morgan fingerprint density at radius 3 is 1.86 bits per heavy atom. The fourth-order valence-electron chi connectivity index (χ4n) is 9.32. The van der Waals surface area contributed by atoms with Crippen LogP contribution in [0.1, 0.15) is 79.4 Å². The normalized spacial score (nSPS) is 16.5. The van der Waals surface area contributed by atoms with Crippen molar-refractivity contribution < 1.29 is 29.3 Å². The van der Waals surface area contributed by atoms with Gasteiger partial charge in [0.05, 0.1) is 17.5 Å². The molecule has 1 saturated heterocycles. The fraction of sp³-hybridized carbons (Fsp3) is 0.447. The van der Waals surface area contributed by atoms with Gasteiger partial charge in [-0.3, -0.25) is 14.5 Å². The molecule has 5 atom stereocenters. The van der Waals surface area contributed by atoms with E-state index in [0.717, 1.165) is 78.6 Å². The number of tetrazole rings is 2. The van der Waals surface area contributed by atoms with Crippen molar-refractivity contribution in [1.82, 2.24) is 61.4 Å². The van der Waals surface area contributed by atoms with Gasteiger partial charge in [-0.05, 0) is 78.8 Å². The summed E-state index contributed by atoms with van der Waals surface area (Å²) < 4.78 is 12.6. The number of H-pyrrole nitrogens is 2. The van der Waals surface area contributed by atoms with Crippen molar-refractivity contribution in [3.63, 3.8) is 0 Å². The van der Waals surface area contributed by atoms with Gasteiger partial charge in [0.1, 0.15) is 5.75 Å². The topological polar surface area (TPSA) is 246 Å². The predicted molar refractivity (Wildman–Crippen MR) is 242 cm³/mol. The van der Waals surface area contributed by atoms with Crippen molar-refractivity contribution in [3.8, 4) is 23.3 Å². The number of nitrogens with zero attached hydrogens (tertiary/aromatic N) is 10. The highest BCUT2D eigenvalue weighted by Crippen LogP contribution is 2.37. The van der Waals surface area contributed by atoms with Crippen LogP contribution in [0.15, 0.2) is 79.1 Å². The molecular weight excluding hydrogens is 843 g/mol. The summed E-state index contributed by atoms with van der Waals surface area (Å²) in [5, 5.41) is 53.4. The Labute approximate surface area is 382 Å². The average Bonchev–Trinajstić information content (AvgIpc) is 4.07. The summed E-state index contributed by atoms with van der Waals surface area (Å²) in [4.78, 5) is 39.2. The lowest BCUT2D eigenvalue weighted by Crippen LogP contribution is -2.43. The third-order valence-electron chi connectivity index (χ3n) is 12.5. The molecular formula is C47H57N13O6. The van der Waals surface area contributed by atoms with E-state index in [-0.39, 0.29) is 11.8 Å². The van der Waals surface area contributed by atoms with Gasteiger partial charge in [-0.25, -0.2) is 9.97 Å². The van der Waals surface area contributed by atoms with Gasteiger partial charge in [-0.2, -0.15) is 10.4 Å². The van der Waals surface area contributed by atoms with Crippen molar-refractivity contribution >= 4 is 17.6 Å². The van der Waals surface area contributed by atoms with Crippen LogP contribution in [-0.2, 0) is 35.4 Å². The van der Waals surface area contributed by atoms with Crippen LogP contribution in [0.2, 0.25) is 0 Å². The molecule has 0 bridgehead atoms. The van der Waals surface area contributed by atoms with Crippen molar-refractivity contribution in [3.05, 3.63) is 113 Å². The fourth-order valence-corrected chi connectivity index (χ4v) is 9.32. The van der Waals surface area contributed by atoms with E-state index in [4.69, 9.17) is 9.47 Å². The van der Waals surface area contributed by atoms with E-state index in [1.165, 1.54) is 0 Å². The molecule has 2 aromatic carbocycles. The van der Waals surface area contributed by atoms with Crippen LogP contribution in [0.25, 0.3) is 0 Å². The molecule has 1 fully saturated rings. The minimum Gasteiger partial charge on any atom is -0.481 e. The Bertz CT molecular complexity index is 2480. The summed E-state index contributed by atoms with van der Waals surface area (Å²) in [6.07, 6.45) is 5.81. The SMILES string of the molecule is CC(C)CC(C(=O)O)C(Cc1ccc(Oc2cccc3c2CCN(CC(C)CC(C(=O)O)C(Cc2ccc(Oc4ccccc4N4CCNCC4)nc2)c2nn[nH]n2)C3)nc1)c1nn[nH]n1. The molecule has 5 unspecified atom stereocenters. The van der Waals surface area contributed by atoms with Gasteiger partial charge in [-0.1, -0.05) is 67.6 Å². The summed E-state index contributed by atoms with van der Waals surface area (Å²) in [6, 6.07) is 21.4. The minimum absolute atomic E-state index is 0.0321. The second-order valence-electron chi connectivity index (χ2n) is 17.8. The number of carboxylic acids is 2. The lowest BCUT2D eigenvalue weighted by Gasteiger charge is -2.33. The zero-order chi connectivity index (χ0) is 46.0. The highest BCUT2D eigenvalue weighted by atomic mass is 16.5. The van der Waals surface area contributed by atoms with Crippen LogP contribution >= 0.6 is 0 Å². The van der Waals surface area contributed by atoms with E-state index in [1.807, 2.05) is 62.4 Å². The molecule has 346 valence electrons. The number of ether oxygens (including phenoxy) is 2. The minimum atomic E-state index is -0.913. The maximum Gasteiger partial charge on any atom is 0.307 e. The summed E-state index contributed by atoms with van der Waals surface area (Å²) in [5.41, 5.74) is 4.94. The smallest absolute Gasteiger partial charge is 0.307 e. The molecule has 5 N–H and O–H groups in total. The van der Waals surface area contributed by atoms with Gasteiger partial charge in [-0.15, -0.1) is 20.4 Å². The van der Waals surface area contributed by atoms with Crippen LogP contribution < -0.4 is 19.7 Å². The molecule has 0 saturated carbocycles. The van der Waals surface area contributed by atoms with Crippen molar-refractivity contribution in [2.75, 3.05) is 44.2 Å². The number of fused-ring (bicyclic) bond motifs is 1. The van der Waals surface area contributed by atoms with Crippen LogP contribution in [0, 0.1) is 23.7 Å². The molecule has 6 heterocycles. The number of hydrogen-bond acceptors (Lipinski definition) is 15. The zero-order valence-electron chi connectivity index (χ0n) is 37.5. The number of hydrogen-bond donors (Lipinski definition) is 5. The Hall–Kier alpha value is -6.86. The number of aromatic nitrogens is 10.